The number of rotatable bonds is 4. The molecule has 0 unspecified atom stereocenters. The summed E-state index contributed by atoms with van der Waals surface area (Å²) < 4.78 is 5.67. The minimum Gasteiger partial charge on any atom is -0.435 e. The molecule has 1 heterocycles. The van der Waals surface area contributed by atoms with Crippen molar-refractivity contribution < 1.29 is 18.8 Å². The lowest BCUT2D eigenvalue weighted by molar-refractivity contribution is -0.148. The average Bonchev–Trinajstić information content (AvgIpc) is 2.66. The van der Waals surface area contributed by atoms with Gasteiger partial charge in [-0.2, -0.15) is 0 Å². The minimum absolute atomic E-state index is 0.104. The number of carbonyl (C=O) groups excluding carboxylic acids is 2. The maximum absolute atomic E-state index is 12.8. The summed E-state index contributed by atoms with van der Waals surface area (Å²) in [5.41, 5.74) is 0.964. The van der Waals surface area contributed by atoms with Crippen LogP contribution >= 0.6 is 11.6 Å². The van der Waals surface area contributed by atoms with Crippen molar-refractivity contribution in [2.45, 2.75) is 13.8 Å². The van der Waals surface area contributed by atoms with Crippen LogP contribution in [0.25, 0.3) is 11.0 Å². The van der Waals surface area contributed by atoms with Gasteiger partial charge in [0.05, 0.1) is 16.6 Å². The van der Waals surface area contributed by atoms with Crippen LogP contribution in [0.5, 0.6) is 0 Å². The topological polar surface area (TPSA) is 80.9 Å². The first-order valence-electron chi connectivity index (χ1n) is 8.29. The zero-order chi connectivity index (χ0) is 19.4. The predicted molar refractivity (Wildman–Crippen MR) is 102 cm³/mol. The number of anilines is 1. The molecule has 0 spiro atoms. The Morgan fingerprint density at radius 3 is 2.56 bits per heavy atom. The fourth-order valence-corrected chi connectivity index (χ4v) is 2.43. The molecular weight excluding hydrogens is 368 g/mol. The number of benzene rings is 2. The molecule has 7 heteroatoms. The maximum Gasteiger partial charge on any atom is 0.337 e. The molecule has 0 aliphatic carbocycles. The number of nitrogens with one attached hydrogen (secondary N) is 1. The third kappa shape index (κ3) is 4.35. The number of hydrogen-bond donors (Lipinski definition) is 1. The SMILES string of the molecule is CC(C)C(=O)O/N=c1/oc2ccccc2cc1C(=O)Nc1ccccc1Cl. The standard InChI is InChI=1S/C20H17ClN2O4/c1-12(2)20(25)27-23-19-14(11-13-7-3-6-10-17(13)26-19)18(24)22-16-9-5-4-8-15(16)21/h3-12H,1-2H3,(H,22,24)/b23-19+. The smallest absolute Gasteiger partial charge is 0.337 e. The number of fused-ring (bicyclic) bond motifs is 1. The molecule has 3 rings (SSSR count). The minimum atomic E-state index is -0.532. The second kappa shape index (κ2) is 8.05. The number of amides is 1. The summed E-state index contributed by atoms with van der Waals surface area (Å²) in [7, 11) is 0. The first-order chi connectivity index (χ1) is 13.0. The third-order valence-electron chi connectivity index (χ3n) is 3.71. The van der Waals surface area contributed by atoms with E-state index in [1.807, 2.05) is 6.07 Å². The van der Waals surface area contributed by atoms with Crippen molar-refractivity contribution in [1.82, 2.24) is 0 Å². The molecule has 0 saturated carbocycles. The van der Waals surface area contributed by atoms with Gasteiger partial charge in [-0.1, -0.05) is 55.8 Å². The summed E-state index contributed by atoms with van der Waals surface area (Å²) in [6.45, 7) is 3.36. The highest BCUT2D eigenvalue weighted by Gasteiger charge is 2.15. The Morgan fingerprint density at radius 2 is 1.81 bits per heavy atom. The van der Waals surface area contributed by atoms with E-state index >= 15 is 0 Å². The van der Waals surface area contributed by atoms with E-state index in [0.29, 0.717) is 21.7 Å². The lowest BCUT2D eigenvalue weighted by Crippen LogP contribution is -2.23. The van der Waals surface area contributed by atoms with Gasteiger partial charge in [0.15, 0.2) is 0 Å². The zero-order valence-corrected chi connectivity index (χ0v) is 15.5. The summed E-state index contributed by atoms with van der Waals surface area (Å²) in [5.74, 6) is -1.39. The second-order valence-electron chi connectivity index (χ2n) is 6.09. The van der Waals surface area contributed by atoms with Crippen molar-refractivity contribution in [3.8, 4) is 0 Å². The maximum atomic E-state index is 12.8. The van der Waals surface area contributed by atoms with Crippen LogP contribution in [0.4, 0.5) is 5.69 Å². The highest BCUT2D eigenvalue weighted by molar-refractivity contribution is 6.33. The Kier molecular flexibility index (Phi) is 5.57. The Labute approximate surface area is 160 Å². The highest BCUT2D eigenvalue weighted by atomic mass is 35.5. The molecule has 0 bridgehead atoms. The zero-order valence-electron chi connectivity index (χ0n) is 14.7. The molecule has 6 nitrogen and oxygen atoms in total. The molecule has 1 amide bonds. The van der Waals surface area contributed by atoms with Gasteiger partial charge in [0, 0.05) is 5.39 Å². The van der Waals surface area contributed by atoms with E-state index in [4.69, 9.17) is 20.9 Å². The summed E-state index contributed by atoms with van der Waals surface area (Å²) in [5, 5.41) is 7.56. The molecule has 0 aliphatic rings. The van der Waals surface area contributed by atoms with Crippen molar-refractivity contribution in [3.63, 3.8) is 0 Å². The van der Waals surface area contributed by atoms with Crippen molar-refractivity contribution in [1.29, 1.82) is 0 Å². The van der Waals surface area contributed by atoms with Crippen LogP contribution in [-0.2, 0) is 9.63 Å². The molecule has 2 aromatic carbocycles. The van der Waals surface area contributed by atoms with E-state index in [2.05, 4.69) is 10.5 Å². The van der Waals surface area contributed by atoms with E-state index < -0.39 is 11.9 Å². The number of hydrogen-bond acceptors (Lipinski definition) is 5. The largest absolute Gasteiger partial charge is 0.435 e. The number of halogens is 1. The van der Waals surface area contributed by atoms with Gasteiger partial charge in [-0.25, -0.2) is 4.79 Å². The van der Waals surface area contributed by atoms with E-state index in [1.165, 1.54) is 0 Å². The van der Waals surface area contributed by atoms with Crippen LogP contribution in [0.2, 0.25) is 5.02 Å². The van der Waals surface area contributed by atoms with Gasteiger partial charge < -0.3 is 14.6 Å². The van der Waals surface area contributed by atoms with Crippen LogP contribution < -0.4 is 10.9 Å². The first kappa shape index (κ1) is 18.7. The van der Waals surface area contributed by atoms with Gasteiger partial charge >= 0.3 is 5.97 Å². The number of para-hydroxylation sites is 2. The molecule has 1 N–H and O–H groups in total. The molecular formula is C20H17ClN2O4. The van der Waals surface area contributed by atoms with Crippen molar-refractivity contribution in [2.24, 2.45) is 11.1 Å². The molecule has 0 radical (unpaired) electrons. The van der Waals surface area contributed by atoms with Gasteiger partial charge in [-0.3, -0.25) is 4.79 Å². The normalized spacial score (nSPS) is 11.6. The molecule has 0 saturated heterocycles. The lowest BCUT2D eigenvalue weighted by atomic mass is 10.1. The van der Waals surface area contributed by atoms with E-state index in [1.54, 1.807) is 62.4 Å². The quantitative estimate of drug-likeness (QED) is 0.535. The van der Waals surface area contributed by atoms with Gasteiger partial charge in [-0.15, -0.1) is 0 Å². The fourth-order valence-electron chi connectivity index (χ4n) is 2.24. The molecule has 27 heavy (non-hydrogen) atoms. The van der Waals surface area contributed by atoms with Gasteiger partial charge in [0.1, 0.15) is 11.1 Å². The molecule has 138 valence electrons. The van der Waals surface area contributed by atoms with Crippen LogP contribution in [0.15, 0.2) is 64.2 Å². The van der Waals surface area contributed by atoms with Crippen molar-refractivity contribution >= 4 is 40.1 Å². The first-order valence-corrected chi connectivity index (χ1v) is 8.67. The summed E-state index contributed by atoms with van der Waals surface area (Å²) in [6, 6.07) is 15.6. The van der Waals surface area contributed by atoms with Crippen molar-refractivity contribution in [3.05, 3.63) is 70.7 Å². The summed E-state index contributed by atoms with van der Waals surface area (Å²) in [6.07, 6.45) is 0. The van der Waals surface area contributed by atoms with Crippen molar-refractivity contribution in [2.75, 3.05) is 5.32 Å². The predicted octanol–water partition coefficient (Wildman–Crippen LogP) is 4.35. The monoisotopic (exact) mass is 384 g/mol. The molecule has 0 atom stereocenters. The van der Waals surface area contributed by atoms with Crippen LogP contribution in [0, 0.1) is 5.92 Å². The van der Waals surface area contributed by atoms with E-state index in [0.717, 1.165) is 0 Å². The van der Waals surface area contributed by atoms with E-state index in [9.17, 15) is 9.59 Å². The van der Waals surface area contributed by atoms with Crippen LogP contribution in [0.1, 0.15) is 24.2 Å². The van der Waals surface area contributed by atoms with Crippen LogP contribution in [-0.4, -0.2) is 11.9 Å². The molecule has 1 aromatic heterocycles. The fraction of sp³-hybridized carbons (Fsp3) is 0.150. The van der Waals surface area contributed by atoms with Gasteiger partial charge in [-0.05, 0) is 29.4 Å². The molecule has 0 aliphatic heterocycles. The van der Waals surface area contributed by atoms with Gasteiger partial charge in [0.25, 0.3) is 11.5 Å². The average molecular weight is 385 g/mol. The highest BCUT2D eigenvalue weighted by Crippen LogP contribution is 2.21. The van der Waals surface area contributed by atoms with E-state index in [-0.39, 0.29) is 17.0 Å². The Bertz CT molecular complexity index is 1070. The Balaban J connectivity index is 2.05. The summed E-state index contributed by atoms with van der Waals surface area (Å²) in [4.78, 5) is 29.4. The third-order valence-corrected chi connectivity index (χ3v) is 4.04. The Hall–Kier alpha value is -3.12. The number of carbonyl (C=O) groups is 2. The Morgan fingerprint density at radius 1 is 1.11 bits per heavy atom. The van der Waals surface area contributed by atoms with Crippen LogP contribution in [0.3, 0.4) is 0 Å². The molecule has 3 aromatic rings. The molecule has 0 fully saturated rings. The number of nitrogens with zero attached hydrogens (tertiary/aromatic N) is 1. The second-order valence-corrected chi connectivity index (χ2v) is 6.50. The summed E-state index contributed by atoms with van der Waals surface area (Å²) >= 11 is 6.10. The van der Waals surface area contributed by atoms with Gasteiger partial charge in [0.2, 0.25) is 0 Å². The lowest BCUT2D eigenvalue weighted by Gasteiger charge is -2.08.